The third-order valence-corrected chi connectivity index (χ3v) is 12.1. The fraction of sp³-hybridized carbons (Fsp3) is 0.810. The molecule has 0 fully saturated rings. The van der Waals surface area contributed by atoms with Crippen molar-refractivity contribution in [2.45, 2.75) is 290 Å². The zero-order chi connectivity index (χ0) is 46.5. The van der Waals surface area contributed by atoms with Gasteiger partial charge in [0.1, 0.15) is 13.2 Å². The molecule has 6 nitrogen and oxygen atoms in total. The molecule has 0 N–H and O–H groups in total. The van der Waals surface area contributed by atoms with E-state index in [0.717, 1.165) is 89.9 Å². The van der Waals surface area contributed by atoms with Crippen LogP contribution >= 0.6 is 0 Å². The summed E-state index contributed by atoms with van der Waals surface area (Å²) in [5.74, 6) is -0.875. The van der Waals surface area contributed by atoms with Crippen LogP contribution < -0.4 is 0 Å². The van der Waals surface area contributed by atoms with Gasteiger partial charge < -0.3 is 14.2 Å². The maximum absolute atomic E-state index is 12.8. The van der Waals surface area contributed by atoms with E-state index >= 15 is 0 Å². The zero-order valence-corrected chi connectivity index (χ0v) is 42.6. The summed E-state index contributed by atoms with van der Waals surface area (Å²) in [5, 5.41) is 0. The van der Waals surface area contributed by atoms with Crippen LogP contribution in [0.2, 0.25) is 0 Å². The molecular formula is C58H104O6. The van der Waals surface area contributed by atoms with Crippen LogP contribution in [-0.4, -0.2) is 37.2 Å². The summed E-state index contributed by atoms with van der Waals surface area (Å²) in [7, 11) is 0. The van der Waals surface area contributed by atoms with Crippen LogP contribution in [0.5, 0.6) is 0 Å². The van der Waals surface area contributed by atoms with E-state index in [1.54, 1.807) is 0 Å². The predicted octanol–water partition coefficient (Wildman–Crippen LogP) is 18.3. The predicted molar refractivity (Wildman–Crippen MR) is 275 cm³/mol. The molecule has 0 rings (SSSR count). The first-order chi connectivity index (χ1) is 31.5. The van der Waals surface area contributed by atoms with Crippen LogP contribution in [-0.2, 0) is 28.6 Å². The van der Waals surface area contributed by atoms with E-state index in [0.29, 0.717) is 19.3 Å². The molecule has 0 aliphatic rings. The van der Waals surface area contributed by atoms with Crippen molar-refractivity contribution in [3.8, 4) is 0 Å². The normalized spacial score (nSPS) is 12.4. The first kappa shape index (κ1) is 61.4. The van der Waals surface area contributed by atoms with Crippen LogP contribution in [0.15, 0.2) is 48.6 Å². The number of ether oxygens (including phenoxy) is 3. The fourth-order valence-corrected chi connectivity index (χ4v) is 7.96. The highest BCUT2D eigenvalue weighted by atomic mass is 16.6. The van der Waals surface area contributed by atoms with E-state index in [2.05, 4.69) is 69.4 Å². The molecule has 0 aliphatic carbocycles. The Morgan fingerprint density at radius 1 is 0.328 bits per heavy atom. The number of hydrogen-bond donors (Lipinski definition) is 0. The Kier molecular flexibility index (Phi) is 50.8. The molecule has 0 aromatic carbocycles. The number of unbranched alkanes of at least 4 members (excludes halogenated alkanes) is 31. The molecule has 0 saturated heterocycles. The standard InChI is InChI=1S/C58H104O6/c1-4-7-10-13-16-19-22-24-26-28-29-30-32-33-36-39-42-45-48-51-57(60)63-54-55(53-62-56(59)50-47-44-41-38-35-21-18-15-12-9-6-3)64-58(61)52-49-46-43-40-37-34-31-27-25-23-20-17-14-11-8-5-2/h7,10,16,19,24,26,29-30,55H,4-6,8-9,11-15,17-18,20-23,25,27-28,31-54H2,1-3H3/b10-7-,19-16-,26-24-,30-29-. The first-order valence-electron chi connectivity index (χ1n) is 27.6. The maximum atomic E-state index is 12.8. The minimum Gasteiger partial charge on any atom is -0.462 e. The Bertz CT molecular complexity index is 1120. The zero-order valence-electron chi connectivity index (χ0n) is 42.6. The molecule has 64 heavy (non-hydrogen) atoms. The lowest BCUT2D eigenvalue weighted by atomic mass is 10.0. The monoisotopic (exact) mass is 897 g/mol. The van der Waals surface area contributed by atoms with Crippen molar-refractivity contribution >= 4 is 17.9 Å². The lowest BCUT2D eigenvalue weighted by Crippen LogP contribution is -2.30. The second-order valence-corrected chi connectivity index (χ2v) is 18.5. The highest BCUT2D eigenvalue weighted by molar-refractivity contribution is 5.71. The van der Waals surface area contributed by atoms with E-state index in [-0.39, 0.29) is 31.1 Å². The second-order valence-electron chi connectivity index (χ2n) is 18.5. The van der Waals surface area contributed by atoms with Gasteiger partial charge in [0.15, 0.2) is 6.10 Å². The first-order valence-corrected chi connectivity index (χ1v) is 27.6. The van der Waals surface area contributed by atoms with Gasteiger partial charge in [-0.25, -0.2) is 0 Å². The molecule has 0 spiro atoms. The molecule has 0 heterocycles. The minimum atomic E-state index is -0.774. The van der Waals surface area contributed by atoms with Gasteiger partial charge in [0.2, 0.25) is 0 Å². The lowest BCUT2D eigenvalue weighted by molar-refractivity contribution is -0.167. The van der Waals surface area contributed by atoms with Gasteiger partial charge in [-0.1, -0.05) is 256 Å². The van der Waals surface area contributed by atoms with Crippen molar-refractivity contribution in [1.82, 2.24) is 0 Å². The van der Waals surface area contributed by atoms with Gasteiger partial charge in [0.25, 0.3) is 0 Å². The van der Waals surface area contributed by atoms with Crippen molar-refractivity contribution in [3.63, 3.8) is 0 Å². The summed E-state index contributed by atoms with van der Waals surface area (Å²) in [6, 6.07) is 0. The smallest absolute Gasteiger partial charge is 0.306 e. The molecule has 0 saturated carbocycles. The van der Waals surface area contributed by atoms with E-state index < -0.39 is 6.10 Å². The molecule has 0 radical (unpaired) electrons. The van der Waals surface area contributed by atoms with Gasteiger partial charge in [-0.15, -0.1) is 0 Å². The van der Waals surface area contributed by atoms with Gasteiger partial charge in [0, 0.05) is 19.3 Å². The Hall–Kier alpha value is -2.63. The lowest BCUT2D eigenvalue weighted by Gasteiger charge is -2.18. The molecule has 0 aliphatic heterocycles. The molecule has 0 aromatic rings. The average molecular weight is 897 g/mol. The van der Waals surface area contributed by atoms with Crippen molar-refractivity contribution in [2.24, 2.45) is 0 Å². The number of esters is 3. The number of carbonyl (C=O) groups is 3. The van der Waals surface area contributed by atoms with Crippen LogP contribution in [0.1, 0.15) is 284 Å². The molecule has 0 amide bonds. The summed E-state index contributed by atoms with van der Waals surface area (Å²) in [6.07, 6.45) is 63.8. The maximum Gasteiger partial charge on any atom is 0.306 e. The fourth-order valence-electron chi connectivity index (χ4n) is 7.96. The summed E-state index contributed by atoms with van der Waals surface area (Å²) in [6.45, 7) is 6.54. The van der Waals surface area contributed by atoms with E-state index in [4.69, 9.17) is 14.2 Å². The number of hydrogen-bond acceptors (Lipinski definition) is 6. The topological polar surface area (TPSA) is 78.9 Å². The van der Waals surface area contributed by atoms with Crippen LogP contribution in [0.3, 0.4) is 0 Å². The van der Waals surface area contributed by atoms with E-state index in [1.807, 2.05) is 0 Å². The van der Waals surface area contributed by atoms with Crippen LogP contribution in [0, 0.1) is 0 Å². The molecule has 0 aromatic heterocycles. The number of allylic oxidation sites excluding steroid dienone is 8. The van der Waals surface area contributed by atoms with Crippen molar-refractivity contribution < 1.29 is 28.6 Å². The third kappa shape index (κ3) is 50.4. The molecular weight excluding hydrogens is 793 g/mol. The van der Waals surface area contributed by atoms with E-state index in [9.17, 15) is 14.4 Å². The highest BCUT2D eigenvalue weighted by Gasteiger charge is 2.19. The SMILES string of the molecule is CC/C=C\C/C=C\C/C=C\C/C=C\CCCCCCCCC(=O)OCC(COC(=O)CCCCCCCCCCCCC)OC(=O)CCCCCCCCCCCCCCCCCC. The molecule has 0 bridgehead atoms. The third-order valence-electron chi connectivity index (χ3n) is 12.1. The van der Waals surface area contributed by atoms with Crippen molar-refractivity contribution in [3.05, 3.63) is 48.6 Å². The summed E-state index contributed by atoms with van der Waals surface area (Å²) >= 11 is 0. The summed E-state index contributed by atoms with van der Waals surface area (Å²) in [4.78, 5) is 38.0. The summed E-state index contributed by atoms with van der Waals surface area (Å²) < 4.78 is 16.8. The quantitative estimate of drug-likeness (QED) is 0.0262. The van der Waals surface area contributed by atoms with Gasteiger partial charge in [-0.2, -0.15) is 0 Å². The van der Waals surface area contributed by atoms with Crippen molar-refractivity contribution in [2.75, 3.05) is 13.2 Å². The number of rotatable bonds is 50. The second kappa shape index (κ2) is 53.0. The van der Waals surface area contributed by atoms with Gasteiger partial charge in [-0.05, 0) is 57.8 Å². The van der Waals surface area contributed by atoms with Gasteiger partial charge >= 0.3 is 17.9 Å². The Morgan fingerprint density at radius 2 is 0.609 bits per heavy atom. The Morgan fingerprint density at radius 3 is 0.953 bits per heavy atom. The summed E-state index contributed by atoms with van der Waals surface area (Å²) in [5.41, 5.74) is 0. The van der Waals surface area contributed by atoms with Gasteiger partial charge in [-0.3, -0.25) is 14.4 Å². The molecule has 1 unspecified atom stereocenters. The average Bonchev–Trinajstić information content (AvgIpc) is 3.29. The number of carbonyl (C=O) groups excluding carboxylic acids is 3. The van der Waals surface area contributed by atoms with Crippen LogP contribution in [0.4, 0.5) is 0 Å². The van der Waals surface area contributed by atoms with Crippen LogP contribution in [0.25, 0.3) is 0 Å². The Balaban J connectivity index is 4.34. The minimum absolute atomic E-state index is 0.0737. The van der Waals surface area contributed by atoms with E-state index in [1.165, 1.54) is 154 Å². The highest BCUT2D eigenvalue weighted by Crippen LogP contribution is 2.16. The molecule has 6 heteroatoms. The molecule has 1 atom stereocenters. The molecule has 372 valence electrons. The van der Waals surface area contributed by atoms with Crippen molar-refractivity contribution in [1.29, 1.82) is 0 Å². The Labute approximate surface area is 397 Å². The largest absolute Gasteiger partial charge is 0.462 e. The van der Waals surface area contributed by atoms with Gasteiger partial charge in [0.05, 0.1) is 0 Å².